The Balaban J connectivity index is 1.55. The van der Waals surface area contributed by atoms with E-state index in [-0.39, 0.29) is 30.1 Å². The molecule has 3 unspecified atom stereocenters. The van der Waals surface area contributed by atoms with Gasteiger partial charge in [-0.25, -0.2) is 4.68 Å². The number of nitrogens with one attached hydrogen (secondary N) is 3. The van der Waals surface area contributed by atoms with E-state index in [0.29, 0.717) is 19.4 Å². The average molecular weight is 398 g/mol. The second kappa shape index (κ2) is 9.22. The van der Waals surface area contributed by atoms with Gasteiger partial charge in [0, 0.05) is 24.7 Å². The third-order valence-electron chi connectivity index (χ3n) is 5.76. The molecule has 1 aliphatic heterocycles. The number of hydrogen-bond donors (Lipinski definition) is 3. The van der Waals surface area contributed by atoms with Crippen molar-refractivity contribution in [1.82, 2.24) is 25.7 Å². The molecule has 1 aliphatic rings. The number of aryl methyl sites for hydroxylation is 1. The van der Waals surface area contributed by atoms with Crippen LogP contribution in [0.15, 0.2) is 30.3 Å². The molecule has 7 heteroatoms. The van der Waals surface area contributed by atoms with Crippen LogP contribution in [0.25, 0.3) is 0 Å². The van der Waals surface area contributed by atoms with E-state index in [4.69, 9.17) is 0 Å². The minimum Gasteiger partial charge on any atom is -0.356 e. The Kier molecular flexibility index (Phi) is 6.69. The Hall–Kier alpha value is -2.67. The van der Waals surface area contributed by atoms with Crippen molar-refractivity contribution in [2.75, 3.05) is 6.54 Å². The Morgan fingerprint density at radius 3 is 2.59 bits per heavy atom. The molecule has 156 valence electrons. The van der Waals surface area contributed by atoms with Gasteiger partial charge in [0.1, 0.15) is 0 Å². The highest BCUT2D eigenvalue weighted by molar-refractivity contribution is 5.79. The quantitative estimate of drug-likeness (QED) is 0.667. The fourth-order valence-corrected chi connectivity index (χ4v) is 3.69. The van der Waals surface area contributed by atoms with E-state index >= 15 is 0 Å². The molecule has 0 spiro atoms. The van der Waals surface area contributed by atoms with Gasteiger partial charge in [0.15, 0.2) is 6.29 Å². The van der Waals surface area contributed by atoms with Gasteiger partial charge in [0.25, 0.3) is 0 Å². The predicted molar refractivity (Wildman–Crippen MR) is 112 cm³/mol. The SMILES string of the molecule is Cc1nn(C2NC(=O)C(C)C(C)N2)c(C)c1CCC(=O)NCCc1ccccc1. The summed E-state index contributed by atoms with van der Waals surface area (Å²) in [6.45, 7) is 8.48. The van der Waals surface area contributed by atoms with Gasteiger partial charge in [-0.2, -0.15) is 5.10 Å². The summed E-state index contributed by atoms with van der Waals surface area (Å²) >= 11 is 0. The molecular weight excluding hydrogens is 366 g/mol. The van der Waals surface area contributed by atoms with Gasteiger partial charge in [-0.1, -0.05) is 37.3 Å². The smallest absolute Gasteiger partial charge is 0.227 e. The normalized spacial score (nSPS) is 21.7. The van der Waals surface area contributed by atoms with Crippen LogP contribution in [0.2, 0.25) is 0 Å². The summed E-state index contributed by atoms with van der Waals surface area (Å²) in [5, 5.41) is 14.0. The van der Waals surface area contributed by atoms with Crippen molar-refractivity contribution in [1.29, 1.82) is 0 Å². The number of hydrogen-bond acceptors (Lipinski definition) is 4. The fraction of sp³-hybridized carbons (Fsp3) is 0.500. The highest BCUT2D eigenvalue weighted by Crippen LogP contribution is 2.20. The first-order valence-corrected chi connectivity index (χ1v) is 10.3. The lowest BCUT2D eigenvalue weighted by molar-refractivity contribution is -0.130. The van der Waals surface area contributed by atoms with Gasteiger partial charge in [0.05, 0.1) is 11.6 Å². The van der Waals surface area contributed by atoms with Crippen LogP contribution in [0.1, 0.15) is 49.1 Å². The minimum absolute atomic E-state index is 0.0214. The first-order chi connectivity index (χ1) is 13.9. The highest BCUT2D eigenvalue weighted by atomic mass is 16.2. The Bertz CT molecular complexity index is 862. The van der Waals surface area contributed by atoms with Crippen LogP contribution >= 0.6 is 0 Å². The molecule has 1 fully saturated rings. The van der Waals surface area contributed by atoms with E-state index in [0.717, 1.165) is 23.4 Å². The molecule has 7 nitrogen and oxygen atoms in total. The van der Waals surface area contributed by atoms with Gasteiger partial charge in [0.2, 0.25) is 11.8 Å². The van der Waals surface area contributed by atoms with Crippen LogP contribution in [0.5, 0.6) is 0 Å². The van der Waals surface area contributed by atoms with Crippen molar-refractivity contribution in [2.45, 2.75) is 59.3 Å². The van der Waals surface area contributed by atoms with Crippen LogP contribution < -0.4 is 16.0 Å². The molecule has 2 aromatic rings. The number of benzene rings is 1. The van der Waals surface area contributed by atoms with Crippen molar-refractivity contribution in [2.24, 2.45) is 5.92 Å². The lowest BCUT2D eigenvalue weighted by atomic mass is 10.0. The van der Waals surface area contributed by atoms with Gasteiger partial charge in [-0.05, 0) is 44.7 Å². The number of carbonyl (C=O) groups is 2. The Morgan fingerprint density at radius 2 is 1.90 bits per heavy atom. The zero-order valence-electron chi connectivity index (χ0n) is 17.7. The summed E-state index contributed by atoms with van der Waals surface area (Å²) in [7, 11) is 0. The second-order valence-corrected chi connectivity index (χ2v) is 7.83. The standard InChI is InChI=1S/C22H31N5O2/c1-14-15(2)24-22(25-21(14)29)27-17(4)19(16(3)26-27)10-11-20(28)23-13-12-18-8-6-5-7-9-18/h5-9,14-15,22,24H,10-13H2,1-4H3,(H,23,28)(H,25,29). The van der Waals surface area contributed by atoms with Crippen molar-refractivity contribution in [3.05, 3.63) is 52.8 Å². The maximum absolute atomic E-state index is 12.3. The maximum Gasteiger partial charge on any atom is 0.227 e. The fourth-order valence-electron chi connectivity index (χ4n) is 3.69. The molecule has 0 saturated carbocycles. The number of rotatable bonds is 7. The van der Waals surface area contributed by atoms with Crippen molar-refractivity contribution in [3.63, 3.8) is 0 Å². The molecule has 1 aromatic heterocycles. The third-order valence-corrected chi connectivity index (χ3v) is 5.76. The van der Waals surface area contributed by atoms with Crippen LogP contribution in [-0.2, 0) is 22.4 Å². The number of aromatic nitrogens is 2. The molecule has 1 saturated heterocycles. The van der Waals surface area contributed by atoms with E-state index in [1.54, 1.807) is 0 Å². The number of carbonyl (C=O) groups excluding carboxylic acids is 2. The molecule has 3 atom stereocenters. The highest BCUT2D eigenvalue weighted by Gasteiger charge is 2.32. The van der Waals surface area contributed by atoms with Gasteiger partial charge >= 0.3 is 0 Å². The van der Waals surface area contributed by atoms with Crippen LogP contribution in [0, 0.1) is 19.8 Å². The molecule has 0 radical (unpaired) electrons. The van der Waals surface area contributed by atoms with E-state index < -0.39 is 0 Å². The van der Waals surface area contributed by atoms with Crippen LogP contribution in [0.3, 0.4) is 0 Å². The maximum atomic E-state index is 12.3. The average Bonchev–Trinajstić information content (AvgIpc) is 2.98. The lowest BCUT2D eigenvalue weighted by Crippen LogP contribution is -2.57. The molecule has 2 amide bonds. The van der Waals surface area contributed by atoms with Crippen molar-refractivity contribution in [3.8, 4) is 0 Å². The van der Waals surface area contributed by atoms with Crippen molar-refractivity contribution >= 4 is 11.8 Å². The zero-order chi connectivity index (χ0) is 21.0. The van der Waals surface area contributed by atoms with E-state index in [1.807, 2.05) is 50.6 Å². The number of amides is 2. The predicted octanol–water partition coefficient (Wildman–Crippen LogP) is 1.99. The number of nitrogens with zero attached hydrogens (tertiary/aromatic N) is 2. The molecule has 0 bridgehead atoms. The molecule has 3 rings (SSSR count). The largest absolute Gasteiger partial charge is 0.356 e. The van der Waals surface area contributed by atoms with E-state index in [9.17, 15) is 9.59 Å². The third kappa shape index (κ3) is 5.03. The minimum atomic E-state index is -0.360. The topological polar surface area (TPSA) is 88.1 Å². The molecular formula is C22H31N5O2. The summed E-state index contributed by atoms with van der Waals surface area (Å²) in [5.74, 6) is -0.0190. The van der Waals surface area contributed by atoms with Gasteiger partial charge < -0.3 is 10.6 Å². The second-order valence-electron chi connectivity index (χ2n) is 7.83. The van der Waals surface area contributed by atoms with Crippen LogP contribution in [0.4, 0.5) is 0 Å². The molecule has 0 aliphatic carbocycles. The lowest BCUT2D eigenvalue weighted by Gasteiger charge is -2.34. The molecule has 3 N–H and O–H groups in total. The molecule has 2 heterocycles. The van der Waals surface area contributed by atoms with E-state index in [2.05, 4.69) is 33.2 Å². The van der Waals surface area contributed by atoms with E-state index in [1.165, 1.54) is 5.56 Å². The van der Waals surface area contributed by atoms with Crippen molar-refractivity contribution < 1.29 is 9.59 Å². The van der Waals surface area contributed by atoms with Crippen LogP contribution in [-0.4, -0.2) is 34.2 Å². The summed E-state index contributed by atoms with van der Waals surface area (Å²) < 4.78 is 1.82. The first kappa shape index (κ1) is 21.0. The summed E-state index contributed by atoms with van der Waals surface area (Å²) in [6, 6.07) is 10.2. The monoisotopic (exact) mass is 397 g/mol. The Labute approximate surface area is 172 Å². The first-order valence-electron chi connectivity index (χ1n) is 10.3. The zero-order valence-corrected chi connectivity index (χ0v) is 17.7. The summed E-state index contributed by atoms with van der Waals surface area (Å²) in [5.41, 5.74) is 4.14. The molecule has 29 heavy (non-hydrogen) atoms. The summed E-state index contributed by atoms with van der Waals surface area (Å²) in [4.78, 5) is 24.4. The van der Waals surface area contributed by atoms with Gasteiger partial charge in [-0.15, -0.1) is 0 Å². The van der Waals surface area contributed by atoms with Gasteiger partial charge in [-0.3, -0.25) is 14.9 Å². The summed E-state index contributed by atoms with van der Waals surface area (Å²) in [6.07, 6.45) is 1.51. The Morgan fingerprint density at radius 1 is 1.17 bits per heavy atom. The molecule has 1 aromatic carbocycles.